The van der Waals surface area contributed by atoms with Gasteiger partial charge in [-0.2, -0.15) is 5.26 Å². The molecule has 4 nitrogen and oxygen atoms in total. The first-order chi connectivity index (χ1) is 10.1. The van der Waals surface area contributed by atoms with Crippen molar-refractivity contribution < 1.29 is 14.3 Å². The number of rotatable bonds is 5. The van der Waals surface area contributed by atoms with Crippen molar-refractivity contribution in [1.82, 2.24) is 5.32 Å². The average Bonchev–Trinajstić information content (AvgIpc) is 2.49. The van der Waals surface area contributed by atoms with Gasteiger partial charge in [0.15, 0.2) is 0 Å². The summed E-state index contributed by atoms with van der Waals surface area (Å²) in [5, 5.41) is 21.4. The molecule has 1 fully saturated rings. The molecular weight excluding hydrogens is 271 g/mol. The molecule has 2 atom stereocenters. The van der Waals surface area contributed by atoms with Crippen molar-refractivity contribution in [3.8, 4) is 6.07 Å². The number of nitrogens with one attached hydrogen (secondary N) is 1. The van der Waals surface area contributed by atoms with Crippen LogP contribution in [0.3, 0.4) is 0 Å². The molecule has 0 heterocycles. The zero-order valence-corrected chi connectivity index (χ0v) is 11.8. The Labute approximate surface area is 123 Å². The molecule has 1 aliphatic carbocycles. The van der Waals surface area contributed by atoms with Crippen molar-refractivity contribution in [3.63, 3.8) is 0 Å². The maximum absolute atomic E-state index is 13.1. The molecule has 0 aliphatic heterocycles. The normalized spacial score (nSPS) is 21.7. The van der Waals surface area contributed by atoms with Crippen LogP contribution in [0.1, 0.15) is 36.8 Å². The van der Waals surface area contributed by atoms with Gasteiger partial charge in [-0.1, -0.05) is 18.9 Å². The Kier molecular flexibility index (Phi) is 5.29. The lowest BCUT2D eigenvalue weighted by Gasteiger charge is -2.28. The van der Waals surface area contributed by atoms with Gasteiger partial charge in [-0.05, 0) is 43.0 Å². The lowest BCUT2D eigenvalue weighted by molar-refractivity contribution is -0.144. The van der Waals surface area contributed by atoms with Crippen molar-refractivity contribution in [3.05, 3.63) is 35.1 Å². The zero-order valence-electron chi connectivity index (χ0n) is 11.8. The quantitative estimate of drug-likeness (QED) is 0.874. The van der Waals surface area contributed by atoms with Crippen LogP contribution >= 0.6 is 0 Å². The Hall–Kier alpha value is -1.93. The monoisotopic (exact) mass is 290 g/mol. The summed E-state index contributed by atoms with van der Waals surface area (Å²) in [6.45, 7) is 1.06. The van der Waals surface area contributed by atoms with Crippen LogP contribution in [0.4, 0.5) is 4.39 Å². The van der Waals surface area contributed by atoms with E-state index in [1.54, 1.807) is 6.07 Å². The van der Waals surface area contributed by atoms with Gasteiger partial charge in [-0.25, -0.2) is 4.39 Å². The van der Waals surface area contributed by atoms with Gasteiger partial charge in [0.1, 0.15) is 5.82 Å². The average molecular weight is 290 g/mol. The largest absolute Gasteiger partial charge is 0.481 e. The molecule has 0 aromatic heterocycles. The predicted octanol–water partition coefficient (Wildman–Crippen LogP) is 2.68. The number of hydrogen-bond acceptors (Lipinski definition) is 3. The Morgan fingerprint density at radius 1 is 1.43 bits per heavy atom. The standard InChI is InChI=1S/C16H19FN2O2/c17-14-6-5-11(13(7-14)8-18)9-19-10-12-3-1-2-4-15(12)16(20)21/h5-7,12,15,19H,1-4,9-10H2,(H,20,21). The van der Waals surface area contributed by atoms with E-state index in [2.05, 4.69) is 5.32 Å². The summed E-state index contributed by atoms with van der Waals surface area (Å²) in [7, 11) is 0. The third-order valence-electron chi connectivity index (χ3n) is 4.14. The van der Waals surface area contributed by atoms with E-state index in [1.165, 1.54) is 12.1 Å². The van der Waals surface area contributed by atoms with E-state index in [-0.39, 0.29) is 11.8 Å². The second-order valence-corrected chi connectivity index (χ2v) is 5.53. The van der Waals surface area contributed by atoms with Crippen LogP contribution in [0.2, 0.25) is 0 Å². The molecule has 0 bridgehead atoms. The maximum Gasteiger partial charge on any atom is 0.306 e. The first kappa shape index (κ1) is 15.5. The second kappa shape index (κ2) is 7.19. The highest BCUT2D eigenvalue weighted by Crippen LogP contribution is 2.29. The van der Waals surface area contributed by atoms with Gasteiger partial charge in [0.25, 0.3) is 0 Å². The minimum Gasteiger partial charge on any atom is -0.481 e. The summed E-state index contributed by atoms with van der Waals surface area (Å²) in [6.07, 6.45) is 3.69. The SMILES string of the molecule is N#Cc1cc(F)ccc1CNCC1CCCCC1C(=O)O. The van der Waals surface area contributed by atoms with E-state index in [0.717, 1.165) is 31.2 Å². The van der Waals surface area contributed by atoms with Crippen molar-refractivity contribution in [2.75, 3.05) is 6.54 Å². The van der Waals surface area contributed by atoms with Gasteiger partial charge in [0.2, 0.25) is 0 Å². The Morgan fingerprint density at radius 2 is 2.19 bits per heavy atom. The van der Waals surface area contributed by atoms with E-state index in [9.17, 15) is 14.3 Å². The van der Waals surface area contributed by atoms with E-state index < -0.39 is 11.8 Å². The van der Waals surface area contributed by atoms with Crippen LogP contribution in [0, 0.1) is 29.0 Å². The minimum atomic E-state index is -0.721. The summed E-state index contributed by atoms with van der Waals surface area (Å²) < 4.78 is 13.1. The molecule has 5 heteroatoms. The number of carbonyl (C=O) groups is 1. The fourth-order valence-corrected chi connectivity index (χ4v) is 2.98. The van der Waals surface area contributed by atoms with Crippen molar-refractivity contribution in [2.24, 2.45) is 11.8 Å². The topological polar surface area (TPSA) is 73.1 Å². The van der Waals surface area contributed by atoms with Crippen LogP contribution in [0.25, 0.3) is 0 Å². The molecule has 2 unspecified atom stereocenters. The first-order valence-corrected chi connectivity index (χ1v) is 7.24. The van der Waals surface area contributed by atoms with Gasteiger partial charge in [-0.3, -0.25) is 4.79 Å². The van der Waals surface area contributed by atoms with Crippen LogP contribution in [-0.4, -0.2) is 17.6 Å². The Bertz CT molecular complexity index is 554. The predicted molar refractivity (Wildman–Crippen MR) is 75.9 cm³/mol. The van der Waals surface area contributed by atoms with Gasteiger partial charge < -0.3 is 10.4 Å². The molecule has 0 radical (unpaired) electrons. The third-order valence-corrected chi connectivity index (χ3v) is 4.14. The number of halogens is 1. The molecule has 0 saturated heterocycles. The molecule has 2 N–H and O–H groups in total. The summed E-state index contributed by atoms with van der Waals surface area (Å²) in [4.78, 5) is 11.2. The summed E-state index contributed by atoms with van der Waals surface area (Å²) in [6, 6.07) is 6.12. The maximum atomic E-state index is 13.1. The first-order valence-electron chi connectivity index (χ1n) is 7.24. The fraction of sp³-hybridized carbons (Fsp3) is 0.500. The summed E-state index contributed by atoms with van der Waals surface area (Å²) in [5.41, 5.74) is 1.06. The molecule has 21 heavy (non-hydrogen) atoms. The Balaban J connectivity index is 1.92. The van der Waals surface area contributed by atoms with Crippen molar-refractivity contribution >= 4 is 5.97 Å². The highest BCUT2D eigenvalue weighted by Gasteiger charge is 2.30. The smallest absolute Gasteiger partial charge is 0.306 e. The molecule has 2 rings (SSSR count). The number of nitriles is 1. The van der Waals surface area contributed by atoms with E-state index in [4.69, 9.17) is 5.26 Å². The molecule has 1 aromatic carbocycles. The number of hydrogen-bond donors (Lipinski definition) is 2. The number of carboxylic acids is 1. The fourth-order valence-electron chi connectivity index (χ4n) is 2.98. The third kappa shape index (κ3) is 4.02. The molecule has 1 aromatic rings. The van der Waals surface area contributed by atoms with Gasteiger partial charge >= 0.3 is 5.97 Å². The zero-order chi connectivity index (χ0) is 15.2. The molecule has 0 amide bonds. The molecular formula is C16H19FN2O2. The van der Waals surface area contributed by atoms with Gasteiger partial charge in [-0.15, -0.1) is 0 Å². The van der Waals surface area contributed by atoms with Crippen LogP contribution in [0.5, 0.6) is 0 Å². The number of aliphatic carboxylic acids is 1. The van der Waals surface area contributed by atoms with E-state index >= 15 is 0 Å². The molecule has 0 spiro atoms. The molecule has 1 aliphatic rings. The van der Waals surface area contributed by atoms with E-state index in [0.29, 0.717) is 18.7 Å². The highest BCUT2D eigenvalue weighted by atomic mass is 19.1. The van der Waals surface area contributed by atoms with Gasteiger partial charge in [0, 0.05) is 6.54 Å². The molecule has 1 saturated carbocycles. The number of nitrogens with zero attached hydrogens (tertiary/aromatic N) is 1. The summed E-state index contributed by atoms with van der Waals surface area (Å²) >= 11 is 0. The summed E-state index contributed by atoms with van der Waals surface area (Å²) in [5.74, 6) is -1.30. The number of benzene rings is 1. The van der Waals surface area contributed by atoms with Crippen LogP contribution in [-0.2, 0) is 11.3 Å². The second-order valence-electron chi connectivity index (χ2n) is 5.53. The van der Waals surface area contributed by atoms with Gasteiger partial charge in [0.05, 0.1) is 17.6 Å². The minimum absolute atomic E-state index is 0.127. The van der Waals surface area contributed by atoms with Crippen LogP contribution in [0.15, 0.2) is 18.2 Å². The van der Waals surface area contributed by atoms with Crippen LogP contribution < -0.4 is 5.32 Å². The lowest BCUT2D eigenvalue weighted by Crippen LogP contribution is -2.34. The highest BCUT2D eigenvalue weighted by molar-refractivity contribution is 5.70. The number of carboxylic acid groups (broad SMARTS) is 1. The lowest BCUT2D eigenvalue weighted by atomic mass is 9.79. The Morgan fingerprint density at radius 3 is 2.90 bits per heavy atom. The van der Waals surface area contributed by atoms with Crippen molar-refractivity contribution in [1.29, 1.82) is 5.26 Å². The molecule has 112 valence electrons. The van der Waals surface area contributed by atoms with E-state index in [1.807, 2.05) is 6.07 Å². The van der Waals surface area contributed by atoms with Crippen molar-refractivity contribution in [2.45, 2.75) is 32.2 Å².